The maximum Gasteiger partial charge on any atom is 0.338 e. The minimum Gasteiger partial charge on any atom is -0.478 e. The number of hydrogen-bond acceptors (Lipinski definition) is 8. The molecule has 0 aromatic carbocycles. The molecule has 0 saturated heterocycles. The molecule has 0 rings (SSSR count). The van der Waals surface area contributed by atoms with Crippen LogP contribution in [0.15, 0.2) is 36.5 Å². The fraction of sp³-hybridized carbons (Fsp3) is 0. The normalized spacial score (nSPS) is 10.7. The molecule has 0 aliphatic carbocycles. The molecule has 22 heavy (non-hydrogen) atoms. The van der Waals surface area contributed by atoms with E-state index in [0.717, 1.165) is 0 Å². The fourth-order valence-electron chi connectivity index (χ4n) is 0.749. The van der Waals surface area contributed by atoms with Crippen LogP contribution in [0.25, 0.3) is 0 Å². The summed E-state index contributed by atoms with van der Waals surface area (Å²) in [6.07, 6.45) is 2.69. The van der Waals surface area contributed by atoms with Crippen LogP contribution < -0.4 is 0 Å². The van der Waals surface area contributed by atoms with E-state index in [-0.39, 0.29) is 0 Å². The lowest BCUT2D eigenvalue weighted by atomic mass is 10.4. The Morgan fingerprint density at radius 1 is 0.500 bits per heavy atom. The molecular weight excluding hydrogens is 304 g/mol. The van der Waals surface area contributed by atoms with Gasteiger partial charge >= 0.3 is 35.8 Å². The number of carboxylic acids is 2. The van der Waals surface area contributed by atoms with Crippen LogP contribution in [0.3, 0.4) is 0 Å². The average Bonchev–Trinajstić information content (AvgIpc) is 2.40. The molecule has 0 bridgehead atoms. The Bertz CT molecular complexity index is 541. The van der Waals surface area contributed by atoms with Crippen LogP contribution in [0.5, 0.6) is 0 Å². The molecule has 0 radical (unpaired) electrons. The molecule has 0 fully saturated rings. The molecule has 0 amide bonds. The van der Waals surface area contributed by atoms with Crippen LogP contribution in [0.2, 0.25) is 0 Å². The van der Waals surface area contributed by atoms with Gasteiger partial charge in [-0.25, -0.2) is 28.8 Å². The maximum absolute atomic E-state index is 11.0. The van der Waals surface area contributed by atoms with Crippen LogP contribution in [-0.4, -0.2) is 46.0 Å². The van der Waals surface area contributed by atoms with Gasteiger partial charge in [0, 0.05) is 36.5 Å². The van der Waals surface area contributed by atoms with Crippen LogP contribution in [0.4, 0.5) is 0 Å². The highest BCUT2D eigenvalue weighted by Gasteiger charge is 2.08. The third-order valence-corrected chi connectivity index (χ3v) is 1.48. The summed E-state index contributed by atoms with van der Waals surface area (Å²) in [5.41, 5.74) is 0. The standard InChI is InChI=1S/C12H8O10/c13-7(14)1-3-9(17)21-11(19)5-6-12(20)22-10(18)4-2-8(15)16/h1-6H,(H,13,14)(H,15,16)/b3-1+,4-2+,6-5+. The molecule has 2 N–H and O–H groups in total. The first-order chi connectivity index (χ1) is 10.2. The van der Waals surface area contributed by atoms with Gasteiger partial charge in [-0.15, -0.1) is 0 Å². The molecule has 0 aliphatic heterocycles. The minimum absolute atomic E-state index is 0.432. The van der Waals surface area contributed by atoms with Crippen molar-refractivity contribution in [2.24, 2.45) is 0 Å². The molecule has 116 valence electrons. The van der Waals surface area contributed by atoms with Crippen LogP contribution in [0.1, 0.15) is 0 Å². The highest BCUT2D eigenvalue weighted by Crippen LogP contribution is 1.90. The molecule has 0 heterocycles. The summed E-state index contributed by atoms with van der Waals surface area (Å²) in [6, 6.07) is 0. The van der Waals surface area contributed by atoms with Gasteiger partial charge in [0.2, 0.25) is 0 Å². The van der Waals surface area contributed by atoms with Crippen molar-refractivity contribution in [2.75, 3.05) is 0 Å². The zero-order valence-electron chi connectivity index (χ0n) is 10.6. The number of rotatable bonds is 6. The topological polar surface area (TPSA) is 161 Å². The Kier molecular flexibility index (Phi) is 7.85. The quantitative estimate of drug-likeness (QED) is 0.352. The number of ether oxygens (including phenoxy) is 2. The largest absolute Gasteiger partial charge is 0.478 e. The Labute approximate surface area is 121 Å². The highest BCUT2D eigenvalue weighted by atomic mass is 16.6. The zero-order valence-corrected chi connectivity index (χ0v) is 10.6. The predicted octanol–water partition coefficient (Wildman–Crippen LogP) is -1.04. The molecule has 0 spiro atoms. The van der Waals surface area contributed by atoms with Gasteiger partial charge in [-0.3, -0.25) is 0 Å². The van der Waals surface area contributed by atoms with Gasteiger partial charge in [0.05, 0.1) is 0 Å². The molecule has 0 aromatic heterocycles. The van der Waals surface area contributed by atoms with Crippen LogP contribution >= 0.6 is 0 Å². The Morgan fingerprint density at radius 2 is 0.727 bits per heavy atom. The van der Waals surface area contributed by atoms with Crippen molar-refractivity contribution in [3.05, 3.63) is 36.5 Å². The molecule has 0 aliphatic rings. The lowest BCUT2D eigenvalue weighted by Gasteiger charge is -1.95. The van der Waals surface area contributed by atoms with E-state index >= 15 is 0 Å². The van der Waals surface area contributed by atoms with Crippen molar-refractivity contribution >= 4 is 35.8 Å². The van der Waals surface area contributed by atoms with E-state index in [1.807, 2.05) is 0 Å². The summed E-state index contributed by atoms with van der Waals surface area (Å²) in [5.74, 6) is -8.07. The van der Waals surface area contributed by atoms with E-state index in [4.69, 9.17) is 10.2 Å². The third-order valence-electron chi connectivity index (χ3n) is 1.48. The van der Waals surface area contributed by atoms with E-state index in [1.165, 1.54) is 0 Å². The summed E-state index contributed by atoms with van der Waals surface area (Å²) in [6.45, 7) is 0. The fourth-order valence-corrected chi connectivity index (χ4v) is 0.749. The second-order valence-electron chi connectivity index (χ2n) is 3.16. The van der Waals surface area contributed by atoms with Gasteiger partial charge < -0.3 is 19.7 Å². The van der Waals surface area contributed by atoms with Gasteiger partial charge in [0.25, 0.3) is 0 Å². The Hall–Kier alpha value is -3.56. The molecule has 0 unspecified atom stereocenters. The lowest BCUT2D eigenvalue weighted by Crippen LogP contribution is -2.11. The number of aliphatic carboxylic acids is 2. The number of carbonyl (C=O) groups excluding carboxylic acids is 4. The summed E-state index contributed by atoms with van der Waals surface area (Å²) in [7, 11) is 0. The molecule has 10 heteroatoms. The van der Waals surface area contributed by atoms with Gasteiger partial charge in [-0.05, 0) is 0 Å². The minimum atomic E-state index is -1.43. The van der Waals surface area contributed by atoms with Crippen molar-refractivity contribution in [3.63, 3.8) is 0 Å². The van der Waals surface area contributed by atoms with Crippen molar-refractivity contribution in [3.8, 4) is 0 Å². The highest BCUT2D eigenvalue weighted by molar-refractivity contribution is 6.03. The number of hydrogen-bond donors (Lipinski definition) is 2. The Balaban J connectivity index is 4.35. The van der Waals surface area contributed by atoms with E-state index < -0.39 is 35.8 Å². The summed E-state index contributed by atoms with van der Waals surface area (Å²) >= 11 is 0. The summed E-state index contributed by atoms with van der Waals surface area (Å²) in [5, 5.41) is 16.4. The maximum atomic E-state index is 11.0. The van der Waals surface area contributed by atoms with E-state index in [0.29, 0.717) is 36.5 Å². The summed E-state index contributed by atoms with van der Waals surface area (Å²) in [4.78, 5) is 63.9. The first-order valence-corrected chi connectivity index (χ1v) is 5.22. The molecule has 0 saturated carbocycles. The first-order valence-electron chi connectivity index (χ1n) is 5.22. The summed E-state index contributed by atoms with van der Waals surface area (Å²) < 4.78 is 8.07. The van der Waals surface area contributed by atoms with Crippen molar-refractivity contribution in [1.82, 2.24) is 0 Å². The number of esters is 4. The lowest BCUT2D eigenvalue weighted by molar-refractivity contribution is -0.155. The third kappa shape index (κ3) is 10.4. The first kappa shape index (κ1) is 18.4. The Morgan fingerprint density at radius 3 is 0.955 bits per heavy atom. The molecular formula is C12H8O10. The van der Waals surface area contributed by atoms with Crippen molar-refractivity contribution in [1.29, 1.82) is 0 Å². The predicted molar refractivity (Wildman–Crippen MR) is 64.9 cm³/mol. The second kappa shape index (κ2) is 9.36. The monoisotopic (exact) mass is 312 g/mol. The SMILES string of the molecule is O=C(O)/C=C/C(=O)OC(=O)/C=C/C(=O)OC(=O)/C=C/C(=O)O. The number of carboxylic acid groups (broad SMARTS) is 2. The van der Waals surface area contributed by atoms with Crippen molar-refractivity contribution < 1.29 is 48.5 Å². The van der Waals surface area contributed by atoms with E-state index in [9.17, 15) is 28.8 Å². The van der Waals surface area contributed by atoms with Crippen molar-refractivity contribution in [2.45, 2.75) is 0 Å². The van der Waals surface area contributed by atoms with Crippen LogP contribution in [0, 0.1) is 0 Å². The zero-order chi connectivity index (χ0) is 17.1. The van der Waals surface area contributed by atoms with Gasteiger partial charge in [0.1, 0.15) is 0 Å². The van der Waals surface area contributed by atoms with Gasteiger partial charge in [0.15, 0.2) is 0 Å². The average molecular weight is 312 g/mol. The second-order valence-corrected chi connectivity index (χ2v) is 3.16. The molecule has 0 aromatic rings. The van der Waals surface area contributed by atoms with Gasteiger partial charge in [-0.2, -0.15) is 0 Å². The number of carbonyl (C=O) groups is 6. The molecule has 0 atom stereocenters. The van der Waals surface area contributed by atoms with E-state index in [2.05, 4.69) is 9.47 Å². The molecule has 10 nitrogen and oxygen atoms in total. The van der Waals surface area contributed by atoms with E-state index in [1.54, 1.807) is 0 Å². The van der Waals surface area contributed by atoms with Crippen LogP contribution in [-0.2, 0) is 38.2 Å². The smallest absolute Gasteiger partial charge is 0.338 e. The van der Waals surface area contributed by atoms with Gasteiger partial charge in [-0.1, -0.05) is 0 Å².